The second-order valence-corrected chi connectivity index (χ2v) is 8.03. The molecule has 1 amide bonds. The minimum Gasteiger partial charge on any atom is -0.489 e. The number of anilines is 2. The number of ether oxygens (including phenoxy) is 2. The number of amides is 1. The normalized spacial score (nSPS) is 33.0. The lowest BCUT2D eigenvalue weighted by Crippen LogP contribution is -2.46. The molecule has 3 fully saturated rings. The molecule has 4 aliphatic heterocycles. The van der Waals surface area contributed by atoms with Crippen molar-refractivity contribution in [2.45, 2.75) is 37.1 Å². The fraction of sp³-hybridized carbons (Fsp3) is 0.588. The van der Waals surface area contributed by atoms with Crippen LogP contribution in [0.3, 0.4) is 0 Å². The van der Waals surface area contributed by atoms with Crippen LogP contribution in [-0.2, 0) is 4.74 Å². The van der Waals surface area contributed by atoms with Gasteiger partial charge < -0.3 is 19.5 Å². The summed E-state index contributed by atoms with van der Waals surface area (Å²) in [5, 5.41) is 9.36. The molecule has 4 aliphatic rings. The van der Waals surface area contributed by atoms with Crippen LogP contribution in [0.4, 0.5) is 20.6 Å². The van der Waals surface area contributed by atoms with Crippen LogP contribution in [0.2, 0.25) is 0 Å². The number of nitrogens with zero attached hydrogens (tertiary/aromatic N) is 2. The second kappa shape index (κ2) is 5.67. The zero-order chi connectivity index (χ0) is 17.1. The zero-order valence-electron chi connectivity index (χ0n) is 13.6. The highest BCUT2D eigenvalue weighted by Gasteiger charge is 2.47. The molecule has 2 bridgehead atoms. The molecule has 6 nitrogen and oxygen atoms in total. The van der Waals surface area contributed by atoms with E-state index in [4.69, 9.17) is 9.47 Å². The number of rotatable bonds is 2. The number of halogens is 1. The molecule has 0 saturated carbocycles. The van der Waals surface area contributed by atoms with Gasteiger partial charge in [-0.15, -0.1) is 0 Å². The number of hydrogen-bond donors (Lipinski definition) is 1. The molecule has 0 radical (unpaired) electrons. The molecular formula is C17H19FN2O4S. The highest BCUT2D eigenvalue weighted by molar-refractivity contribution is 7.99. The number of fused-ring (bicyclic) bond motifs is 5. The van der Waals surface area contributed by atoms with E-state index in [9.17, 15) is 14.3 Å². The molecule has 4 heterocycles. The molecule has 134 valence electrons. The molecule has 1 aromatic carbocycles. The van der Waals surface area contributed by atoms with Crippen LogP contribution >= 0.6 is 11.8 Å². The van der Waals surface area contributed by atoms with Crippen LogP contribution in [0.1, 0.15) is 12.8 Å². The van der Waals surface area contributed by atoms with Crippen molar-refractivity contribution in [1.82, 2.24) is 0 Å². The van der Waals surface area contributed by atoms with Gasteiger partial charge in [0.2, 0.25) is 0 Å². The van der Waals surface area contributed by atoms with Crippen molar-refractivity contribution >= 4 is 29.2 Å². The highest BCUT2D eigenvalue weighted by Crippen LogP contribution is 2.45. The van der Waals surface area contributed by atoms with E-state index in [0.717, 1.165) is 24.3 Å². The van der Waals surface area contributed by atoms with Crippen molar-refractivity contribution in [2.24, 2.45) is 0 Å². The van der Waals surface area contributed by atoms with Crippen LogP contribution < -0.4 is 14.5 Å². The summed E-state index contributed by atoms with van der Waals surface area (Å²) in [6.45, 7) is -0.0429. The number of thioether (sulfide) groups is 1. The molecule has 5 rings (SSSR count). The Hall–Kier alpha value is -1.67. The maximum atomic E-state index is 15.0. The predicted octanol–water partition coefficient (Wildman–Crippen LogP) is 1.99. The number of aliphatic hydroxyl groups excluding tert-OH is 1. The van der Waals surface area contributed by atoms with Gasteiger partial charge in [-0.1, -0.05) is 0 Å². The van der Waals surface area contributed by atoms with Crippen molar-refractivity contribution in [1.29, 1.82) is 0 Å². The monoisotopic (exact) mass is 366 g/mol. The average Bonchev–Trinajstić information content (AvgIpc) is 3.07. The minimum atomic E-state index is -0.640. The lowest BCUT2D eigenvalue weighted by atomic mass is 10.1. The van der Waals surface area contributed by atoms with E-state index in [-0.39, 0.29) is 19.0 Å². The number of hydrogen-bond acceptors (Lipinski definition) is 6. The van der Waals surface area contributed by atoms with Gasteiger partial charge in [-0.2, -0.15) is 11.8 Å². The van der Waals surface area contributed by atoms with Crippen molar-refractivity contribution in [3.63, 3.8) is 0 Å². The summed E-state index contributed by atoms with van der Waals surface area (Å²) < 4.78 is 25.9. The number of benzene rings is 1. The third-order valence-electron chi connectivity index (χ3n) is 5.61. The van der Waals surface area contributed by atoms with Crippen LogP contribution in [0.5, 0.6) is 5.75 Å². The summed E-state index contributed by atoms with van der Waals surface area (Å²) in [5.74, 6) is 2.20. The Morgan fingerprint density at radius 3 is 2.72 bits per heavy atom. The minimum absolute atomic E-state index is 0.234. The SMILES string of the molecule is O=C1O[C@@H](CO)[C@@H]2COc3cc(N4[C@@H]5CC[C@H]4CSC5)c(F)cc3N12. The molecule has 1 aromatic rings. The van der Waals surface area contributed by atoms with Crippen LogP contribution in [0.15, 0.2) is 12.1 Å². The van der Waals surface area contributed by atoms with Gasteiger partial charge in [-0.05, 0) is 12.8 Å². The summed E-state index contributed by atoms with van der Waals surface area (Å²) in [6, 6.07) is 3.41. The molecule has 1 N–H and O–H groups in total. The first kappa shape index (κ1) is 15.6. The maximum absolute atomic E-state index is 15.0. The highest BCUT2D eigenvalue weighted by atomic mass is 32.2. The predicted molar refractivity (Wildman–Crippen MR) is 92.1 cm³/mol. The van der Waals surface area contributed by atoms with Crippen molar-refractivity contribution in [2.75, 3.05) is 34.5 Å². The molecule has 0 spiro atoms. The molecule has 3 saturated heterocycles. The van der Waals surface area contributed by atoms with Crippen LogP contribution in [0.25, 0.3) is 0 Å². The van der Waals surface area contributed by atoms with Gasteiger partial charge in [-0.25, -0.2) is 9.18 Å². The zero-order valence-corrected chi connectivity index (χ0v) is 14.4. The quantitative estimate of drug-likeness (QED) is 0.864. The molecule has 4 atom stereocenters. The molecular weight excluding hydrogens is 347 g/mol. The largest absolute Gasteiger partial charge is 0.489 e. The second-order valence-electron chi connectivity index (χ2n) is 6.95. The summed E-state index contributed by atoms with van der Waals surface area (Å²) in [5.41, 5.74) is 0.952. The van der Waals surface area contributed by atoms with Gasteiger partial charge in [0.1, 0.15) is 24.2 Å². The summed E-state index contributed by atoms with van der Waals surface area (Å²) in [7, 11) is 0. The third kappa shape index (κ3) is 2.23. The smallest absolute Gasteiger partial charge is 0.415 e. The Morgan fingerprint density at radius 2 is 2.00 bits per heavy atom. The summed E-state index contributed by atoms with van der Waals surface area (Å²) in [4.78, 5) is 15.8. The molecule has 8 heteroatoms. The fourth-order valence-corrected chi connectivity index (χ4v) is 5.75. The Morgan fingerprint density at radius 1 is 1.24 bits per heavy atom. The van der Waals surface area contributed by atoms with Gasteiger partial charge >= 0.3 is 6.09 Å². The van der Waals surface area contributed by atoms with E-state index in [1.807, 2.05) is 11.8 Å². The molecule has 0 aromatic heterocycles. The van der Waals surface area contributed by atoms with Crippen molar-refractivity contribution in [3.05, 3.63) is 17.9 Å². The van der Waals surface area contributed by atoms with Gasteiger partial charge in [0.15, 0.2) is 6.10 Å². The van der Waals surface area contributed by atoms with Crippen molar-refractivity contribution < 1.29 is 23.8 Å². The third-order valence-corrected chi connectivity index (χ3v) is 6.85. The summed E-state index contributed by atoms with van der Waals surface area (Å²) >= 11 is 1.93. The van der Waals surface area contributed by atoms with Gasteiger partial charge in [0, 0.05) is 35.7 Å². The first-order valence-electron chi connectivity index (χ1n) is 8.60. The Bertz CT molecular complexity index is 717. The molecule has 25 heavy (non-hydrogen) atoms. The Balaban J connectivity index is 1.54. The lowest BCUT2D eigenvalue weighted by Gasteiger charge is -2.38. The number of carbonyl (C=O) groups excluding carboxylic acids is 1. The Labute approximate surface area is 148 Å². The van der Waals surface area contributed by atoms with E-state index in [1.54, 1.807) is 6.07 Å². The van der Waals surface area contributed by atoms with Crippen molar-refractivity contribution in [3.8, 4) is 5.75 Å². The maximum Gasteiger partial charge on any atom is 0.415 e. The van der Waals surface area contributed by atoms with Crippen LogP contribution in [0, 0.1) is 5.82 Å². The van der Waals surface area contributed by atoms with Gasteiger partial charge in [-0.3, -0.25) is 4.90 Å². The number of aliphatic hydroxyl groups is 1. The lowest BCUT2D eigenvalue weighted by molar-refractivity contribution is 0.0734. The number of cyclic esters (lactones) is 1. The topological polar surface area (TPSA) is 62.2 Å². The van der Waals surface area contributed by atoms with E-state index in [2.05, 4.69) is 4.90 Å². The first-order chi connectivity index (χ1) is 12.2. The van der Waals surface area contributed by atoms with Gasteiger partial charge in [0.05, 0.1) is 18.0 Å². The van der Waals surface area contributed by atoms with E-state index < -0.39 is 18.2 Å². The van der Waals surface area contributed by atoms with E-state index in [1.165, 1.54) is 11.0 Å². The standard InChI is InChI=1S/C17H19FN2O4S/c18-11-3-13-15(23-6-14-16(5-21)24-17(22)20(13)14)4-12(11)19-9-1-2-10(19)8-25-7-9/h3-4,9-10,14,16,21H,1-2,5-8H2/t9-,10+,14-,16-/m0/s1. The van der Waals surface area contributed by atoms with E-state index in [0.29, 0.717) is 29.2 Å². The first-order valence-corrected chi connectivity index (χ1v) is 9.76. The summed E-state index contributed by atoms with van der Waals surface area (Å²) in [6.07, 6.45) is 0.982. The fourth-order valence-electron chi connectivity index (χ4n) is 4.42. The Kier molecular flexibility index (Phi) is 3.53. The average molecular weight is 366 g/mol. The van der Waals surface area contributed by atoms with Gasteiger partial charge in [0.25, 0.3) is 0 Å². The van der Waals surface area contributed by atoms with Crippen LogP contribution in [-0.4, -0.2) is 60.1 Å². The molecule has 0 aliphatic carbocycles. The number of carbonyl (C=O) groups is 1. The molecule has 0 unspecified atom stereocenters. The van der Waals surface area contributed by atoms with E-state index >= 15 is 0 Å².